The lowest BCUT2D eigenvalue weighted by Crippen LogP contribution is -2.64. The first-order valence-corrected chi connectivity index (χ1v) is 27.3. The topological polar surface area (TPSA) is 377 Å². The Morgan fingerprint density at radius 3 is 1.73 bits per heavy atom. The van der Waals surface area contributed by atoms with Gasteiger partial charge in [-0.15, -0.1) is 0 Å². The summed E-state index contributed by atoms with van der Waals surface area (Å²) in [6, 6.07) is 14.2. The number of nitrogens with one attached hydrogen (secondary N) is 5. The number of carbonyl (C=O) groups excluding carboxylic acids is 7. The van der Waals surface area contributed by atoms with E-state index >= 15 is 0 Å². The van der Waals surface area contributed by atoms with Crippen LogP contribution in [0.15, 0.2) is 97.1 Å². The van der Waals surface area contributed by atoms with Gasteiger partial charge in [-0.3, -0.25) is 38.0 Å². The average molecular weight is 1160 g/mol. The third kappa shape index (κ3) is 15.3. The van der Waals surface area contributed by atoms with Gasteiger partial charge in [-0.05, 0) is 97.3 Å². The summed E-state index contributed by atoms with van der Waals surface area (Å²) >= 11 is 0. The maximum Gasteiger partial charge on any atom is 0.251 e. The van der Waals surface area contributed by atoms with Gasteiger partial charge in [-0.2, -0.15) is 0 Å². The summed E-state index contributed by atoms with van der Waals surface area (Å²) < 4.78 is 18.2. The largest absolute Gasteiger partial charge is 0.508 e. The number of amides is 7. The maximum atomic E-state index is 14.5. The molecule has 24 nitrogen and oxygen atoms in total. The summed E-state index contributed by atoms with van der Waals surface area (Å²) in [5, 5.41) is 111. The van der Waals surface area contributed by atoms with E-state index in [0.29, 0.717) is 24.3 Å². The number of hydrogen-bond donors (Lipinski definition) is 14. The molecule has 4 aromatic rings. The minimum atomic E-state index is -2.30. The average Bonchev–Trinajstić information content (AvgIpc) is 4.17. The van der Waals surface area contributed by atoms with Crippen molar-refractivity contribution in [2.75, 3.05) is 26.4 Å². The van der Waals surface area contributed by atoms with Gasteiger partial charge in [0, 0.05) is 37.4 Å². The highest BCUT2D eigenvalue weighted by atomic mass is 19.1. The van der Waals surface area contributed by atoms with E-state index in [-0.39, 0.29) is 30.1 Å². The van der Waals surface area contributed by atoms with Crippen LogP contribution in [0.1, 0.15) is 74.9 Å². The summed E-state index contributed by atoms with van der Waals surface area (Å²) in [6.07, 6.45) is -14.9. The van der Waals surface area contributed by atoms with Gasteiger partial charge in [0.2, 0.25) is 35.4 Å². The standard InChI is InChI=1S/C58H72FN7O17/c1-29-27-66-47(48(29)72)56(80)64-54(78)43(71)26-41(60-51(75)37-13-11-34(12-14-37)32-7-9-33(10-8-32)35-17-21-40(22-18-35)83-24-6-4-5-23-59)52(76)61-44(30(2)67)57(81)65-28-39(70)25-42(65)53(77)63-46(55(79)62-45(31(3)68)58(66)82)50(74)49(73)36-15-19-38(69)20-16-36/h7-22,29-31,39,41-50,54,67-74,78H,4-6,23-28H2,1-3H3,(H,60,75)(H,61,76)(H,62,79)(H,63,77)(H,64,80)/t29-,30+,31+,39+,41-,42-,43+,44-,45-,46-,47-,48-,49-,50-,54+/m0/s1. The van der Waals surface area contributed by atoms with Crippen molar-refractivity contribution < 1.29 is 88.6 Å². The van der Waals surface area contributed by atoms with Crippen LogP contribution in [0.4, 0.5) is 4.39 Å². The van der Waals surface area contributed by atoms with Gasteiger partial charge in [0.25, 0.3) is 5.91 Å². The van der Waals surface area contributed by atoms with E-state index in [1.54, 1.807) is 12.1 Å². The Balaban J connectivity index is 1.17. The molecule has 0 unspecified atom stereocenters. The lowest BCUT2D eigenvalue weighted by molar-refractivity contribution is -0.148. The van der Waals surface area contributed by atoms with Crippen molar-refractivity contribution in [1.82, 2.24) is 36.4 Å². The number of ether oxygens (including phenoxy) is 1. The van der Waals surface area contributed by atoms with Crippen LogP contribution in [0.5, 0.6) is 11.5 Å². The normalized spacial score (nSPS) is 27.3. The van der Waals surface area contributed by atoms with Crippen molar-refractivity contribution >= 4 is 41.4 Å². The first-order valence-electron chi connectivity index (χ1n) is 27.3. The molecule has 4 aromatic carbocycles. The molecule has 0 radical (unpaired) electrons. The van der Waals surface area contributed by atoms with Crippen LogP contribution in [0, 0.1) is 5.92 Å². The smallest absolute Gasteiger partial charge is 0.251 e. The number of phenols is 1. The van der Waals surface area contributed by atoms with Crippen molar-refractivity contribution in [1.29, 1.82) is 0 Å². The Morgan fingerprint density at radius 1 is 0.639 bits per heavy atom. The molecular weight excluding hydrogens is 1090 g/mol. The van der Waals surface area contributed by atoms with Gasteiger partial charge in [-0.25, -0.2) is 0 Å². The van der Waals surface area contributed by atoms with Crippen LogP contribution in [0.2, 0.25) is 0 Å². The number of phenolic OH excluding ortho intramolecular Hbond substituents is 1. The molecule has 3 saturated heterocycles. The van der Waals surface area contributed by atoms with Gasteiger partial charge >= 0.3 is 0 Å². The second kappa shape index (κ2) is 28.1. The summed E-state index contributed by atoms with van der Waals surface area (Å²) in [7, 11) is 0. The van der Waals surface area contributed by atoms with Gasteiger partial charge in [0.05, 0.1) is 37.7 Å². The molecule has 3 aliphatic rings. The zero-order chi connectivity index (χ0) is 60.4. The monoisotopic (exact) mass is 1160 g/mol. The first kappa shape index (κ1) is 63.0. The fraction of sp³-hybridized carbons (Fsp3) is 0.466. The molecule has 0 spiro atoms. The van der Waals surface area contributed by atoms with E-state index in [4.69, 9.17) is 4.74 Å². The Labute approximate surface area is 477 Å². The number of nitrogens with zero attached hydrogens (tertiary/aromatic N) is 2. The number of aliphatic hydroxyl groups is 8. The zero-order valence-corrected chi connectivity index (χ0v) is 45.8. The number of aromatic hydroxyl groups is 1. The zero-order valence-electron chi connectivity index (χ0n) is 45.8. The van der Waals surface area contributed by atoms with Gasteiger partial charge in [0.15, 0.2) is 6.23 Å². The van der Waals surface area contributed by atoms with Gasteiger partial charge in [0.1, 0.15) is 66.1 Å². The van der Waals surface area contributed by atoms with Crippen LogP contribution in [0.3, 0.4) is 0 Å². The van der Waals surface area contributed by atoms with Crippen LogP contribution >= 0.6 is 0 Å². The number of rotatable bonds is 15. The highest BCUT2D eigenvalue weighted by molar-refractivity contribution is 6.00. The van der Waals surface area contributed by atoms with E-state index < -0.39 is 152 Å². The Hall–Kier alpha value is -7.62. The third-order valence-electron chi connectivity index (χ3n) is 15.1. The Bertz CT molecular complexity index is 2900. The lowest BCUT2D eigenvalue weighted by Gasteiger charge is -2.34. The van der Waals surface area contributed by atoms with E-state index in [0.717, 1.165) is 65.3 Å². The van der Waals surface area contributed by atoms with E-state index in [2.05, 4.69) is 26.6 Å². The molecule has 14 N–H and O–H groups in total. The van der Waals surface area contributed by atoms with Crippen molar-refractivity contribution in [2.45, 2.75) is 138 Å². The highest BCUT2D eigenvalue weighted by Gasteiger charge is 2.50. The first-order chi connectivity index (χ1) is 39.5. The molecule has 0 saturated carbocycles. The van der Waals surface area contributed by atoms with Crippen LogP contribution in [-0.4, -0.2) is 203 Å². The Morgan fingerprint density at radius 2 is 1.17 bits per heavy atom. The fourth-order valence-electron chi connectivity index (χ4n) is 10.2. The number of unbranched alkanes of at least 4 members (excludes halogenated alkanes) is 2. The molecule has 448 valence electrons. The highest BCUT2D eigenvalue weighted by Crippen LogP contribution is 2.30. The summed E-state index contributed by atoms with van der Waals surface area (Å²) in [5.74, 6) is -8.83. The molecule has 15 atom stereocenters. The second-order valence-electron chi connectivity index (χ2n) is 21.3. The SMILES string of the molecule is C[C@@H](O)[C@@H]1NC(=O)[C@H]([C@H](O)[C@@H](O)c2ccc(O)cc2)NC(=O)[C@@H]2C[C@@H](O)CN2C(=O)[C@H]([C@@H](C)O)NC(=O)[C@@H](NC(=O)c2ccc(-c3ccc(-c4ccc(OCCCCCF)cc4)cc3)cc2)C[C@@H](O)[C@@H](O)NC(=O)[C@@H]2[C@@H](O)[C@@H](C)CN2C1=O. The molecule has 0 aromatic heterocycles. The van der Waals surface area contributed by atoms with Crippen molar-refractivity contribution in [2.24, 2.45) is 5.92 Å². The van der Waals surface area contributed by atoms with Crippen LogP contribution in [0.25, 0.3) is 22.3 Å². The van der Waals surface area contributed by atoms with Crippen LogP contribution in [-0.2, 0) is 28.8 Å². The van der Waals surface area contributed by atoms with Crippen molar-refractivity contribution in [3.05, 3.63) is 108 Å². The fourth-order valence-corrected chi connectivity index (χ4v) is 10.2. The predicted octanol–water partition coefficient (Wildman–Crippen LogP) is -0.977. The number of alkyl halides is 1. The summed E-state index contributed by atoms with van der Waals surface area (Å²) in [4.78, 5) is 102. The van der Waals surface area contributed by atoms with Gasteiger partial charge in [-0.1, -0.05) is 67.6 Å². The minimum absolute atomic E-state index is 0.00627. The molecule has 7 rings (SSSR count). The maximum absolute atomic E-state index is 14.5. The number of carbonyl (C=O) groups is 7. The lowest BCUT2D eigenvalue weighted by atomic mass is 9.96. The number of halogens is 1. The predicted molar refractivity (Wildman–Crippen MR) is 294 cm³/mol. The number of hydrogen-bond acceptors (Lipinski definition) is 17. The summed E-state index contributed by atoms with van der Waals surface area (Å²) in [5.41, 5.74) is 3.22. The minimum Gasteiger partial charge on any atom is -0.508 e. The van der Waals surface area contributed by atoms with E-state index in [1.165, 1.54) is 31.2 Å². The van der Waals surface area contributed by atoms with Crippen molar-refractivity contribution in [3.63, 3.8) is 0 Å². The molecule has 7 amide bonds. The molecule has 0 aliphatic carbocycles. The summed E-state index contributed by atoms with van der Waals surface area (Å²) in [6.45, 7) is 2.79. The third-order valence-corrected chi connectivity index (χ3v) is 15.1. The van der Waals surface area contributed by atoms with Gasteiger partial charge < -0.3 is 87.1 Å². The van der Waals surface area contributed by atoms with Crippen molar-refractivity contribution in [3.8, 4) is 33.8 Å². The Kier molecular flexibility index (Phi) is 21.3. The van der Waals surface area contributed by atoms with E-state index in [1.807, 2.05) is 48.5 Å². The molecular formula is C58H72FN7O17. The molecule has 3 aliphatic heterocycles. The molecule has 83 heavy (non-hydrogen) atoms. The molecule has 3 heterocycles. The molecule has 3 fully saturated rings. The number of benzene rings is 4. The molecule has 25 heteroatoms. The number of aliphatic hydroxyl groups excluding tert-OH is 8. The van der Waals surface area contributed by atoms with E-state index in [9.17, 15) is 83.9 Å². The quantitative estimate of drug-likeness (QED) is 0.0637. The second-order valence-corrected chi connectivity index (χ2v) is 21.3. The number of fused-ring (bicyclic) bond motifs is 2. The van der Waals surface area contributed by atoms with Crippen LogP contribution < -0.4 is 31.3 Å². The molecule has 0 bridgehead atoms.